The Labute approximate surface area is 133 Å². The van der Waals surface area contributed by atoms with Crippen LogP contribution in [-0.4, -0.2) is 26.9 Å². The maximum atomic E-state index is 9.54. The molecule has 0 saturated heterocycles. The summed E-state index contributed by atoms with van der Waals surface area (Å²) in [6.07, 6.45) is 12.1. The second kappa shape index (κ2) is 5.43. The Morgan fingerprint density at radius 2 is 2.17 bits per heavy atom. The zero-order valence-corrected chi connectivity index (χ0v) is 12.9. The van der Waals surface area contributed by atoms with Crippen LogP contribution >= 0.6 is 0 Å². The van der Waals surface area contributed by atoms with E-state index in [9.17, 15) is 5.26 Å². The van der Waals surface area contributed by atoms with Gasteiger partial charge in [-0.2, -0.15) is 10.4 Å². The lowest BCUT2D eigenvalue weighted by molar-refractivity contribution is 0.403. The molecule has 116 valence electrons. The van der Waals surface area contributed by atoms with Crippen LogP contribution in [0.25, 0.3) is 22.0 Å². The van der Waals surface area contributed by atoms with Crippen LogP contribution in [0.5, 0.6) is 5.88 Å². The summed E-state index contributed by atoms with van der Waals surface area (Å²) < 4.78 is 7.72. The smallest absolute Gasteiger partial charge is 0.223 e. The van der Waals surface area contributed by atoms with E-state index in [1.807, 2.05) is 6.20 Å². The van der Waals surface area contributed by atoms with Crippen LogP contribution in [0.2, 0.25) is 0 Å². The molecule has 6 nitrogen and oxygen atoms in total. The van der Waals surface area contributed by atoms with Crippen molar-refractivity contribution in [3.63, 3.8) is 0 Å². The van der Waals surface area contributed by atoms with E-state index < -0.39 is 0 Å². The largest absolute Gasteiger partial charge is 0.480 e. The third-order valence-corrected chi connectivity index (χ3v) is 4.65. The minimum atomic E-state index is 0.428. The van der Waals surface area contributed by atoms with Crippen LogP contribution in [0.1, 0.15) is 37.3 Å². The first kappa shape index (κ1) is 13.8. The van der Waals surface area contributed by atoms with Crippen LogP contribution in [0, 0.1) is 11.3 Å². The molecule has 23 heavy (non-hydrogen) atoms. The van der Waals surface area contributed by atoms with Gasteiger partial charge in [-0.1, -0.05) is 12.8 Å². The summed E-state index contributed by atoms with van der Waals surface area (Å²) in [6, 6.07) is 2.71. The minimum Gasteiger partial charge on any atom is -0.480 e. The predicted molar refractivity (Wildman–Crippen MR) is 86.1 cm³/mol. The van der Waals surface area contributed by atoms with Crippen LogP contribution in [0.4, 0.5) is 0 Å². The van der Waals surface area contributed by atoms with Gasteiger partial charge < -0.3 is 9.30 Å². The zero-order chi connectivity index (χ0) is 15.8. The lowest BCUT2D eigenvalue weighted by atomic mass is 10.1. The van der Waals surface area contributed by atoms with Gasteiger partial charge in [0.25, 0.3) is 0 Å². The Morgan fingerprint density at radius 3 is 2.83 bits per heavy atom. The third-order valence-electron chi connectivity index (χ3n) is 4.65. The number of rotatable bonds is 3. The Hall–Kier alpha value is -2.81. The van der Waals surface area contributed by atoms with E-state index in [0.717, 1.165) is 34.9 Å². The third kappa shape index (κ3) is 2.08. The van der Waals surface area contributed by atoms with Crippen molar-refractivity contribution in [2.75, 3.05) is 7.11 Å². The molecule has 4 rings (SSSR count). The van der Waals surface area contributed by atoms with E-state index in [1.54, 1.807) is 19.5 Å². The van der Waals surface area contributed by atoms with Gasteiger partial charge >= 0.3 is 0 Å². The number of aromatic nitrogens is 4. The molecule has 0 spiro atoms. The summed E-state index contributed by atoms with van der Waals surface area (Å²) in [4.78, 5) is 4.32. The molecule has 6 heteroatoms. The molecule has 1 fully saturated rings. The molecule has 0 aliphatic heterocycles. The zero-order valence-electron chi connectivity index (χ0n) is 12.9. The molecule has 3 aromatic heterocycles. The molecule has 1 N–H and O–H groups in total. The highest BCUT2D eigenvalue weighted by atomic mass is 16.5. The molecule has 0 amide bonds. The average molecular weight is 307 g/mol. The highest BCUT2D eigenvalue weighted by Crippen LogP contribution is 2.41. The number of pyridine rings is 1. The van der Waals surface area contributed by atoms with Crippen molar-refractivity contribution < 1.29 is 4.74 Å². The van der Waals surface area contributed by atoms with E-state index in [0.29, 0.717) is 17.5 Å². The van der Waals surface area contributed by atoms with Gasteiger partial charge in [-0.3, -0.25) is 5.10 Å². The van der Waals surface area contributed by atoms with E-state index >= 15 is 0 Å². The van der Waals surface area contributed by atoms with E-state index in [4.69, 9.17) is 4.74 Å². The Balaban J connectivity index is 2.08. The van der Waals surface area contributed by atoms with Gasteiger partial charge in [-0.05, 0) is 12.8 Å². The van der Waals surface area contributed by atoms with Gasteiger partial charge in [-0.25, -0.2) is 4.98 Å². The van der Waals surface area contributed by atoms with Crippen molar-refractivity contribution >= 4 is 10.9 Å². The van der Waals surface area contributed by atoms with Crippen molar-refractivity contribution in [1.29, 1.82) is 5.26 Å². The number of methoxy groups -OCH3 is 1. The van der Waals surface area contributed by atoms with Crippen molar-refractivity contribution in [3.8, 4) is 23.1 Å². The van der Waals surface area contributed by atoms with Gasteiger partial charge in [-0.15, -0.1) is 0 Å². The SMILES string of the molecule is COc1ncc(C#N)c2c1c(-c1cn[nH]c1)cn2C1CCCC1. The summed E-state index contributed by atoms with van der Waals surface area (Å²) in [7, 11) is 1.61. The average Bonchev–Trinajstić information content (AvgIpc) is 3.31. The fourth-order valence-electron chi connectivity index (χ4n) is 3.59. The maximum Gasteiger partial charge on any atom is 0.223 e. The monoisotopic (exact) mass is 307 g/mol. The topological polar surface area (TPSA) is 79.5 Å². The standard InChI is InChI=1S/C17H17N5O/c1-23-17-15-14(12-8-20-21-9-12)10-22(13-4-2-3-5-13)16(15)11(6-18)7-19-17/h7-10,13H,2-5H2,1H3,(H,20,21). The van der Waals surface area contributed by atoms with Crippen molar-refractivity contribution in [2.45, 2.75) is 31.7 Å². The van der Waals surface area contributed by atoms with Gasteiger partial charge in [0.2, 0.25) is 5.88 Å². The number of nitriles is 1. The molecular weight excluding hydrogens is 290 g/mol. The highest BCUT2D eigenvalue weighted by molar-refractivity contribution is 6.01. The highest BCUT2D eigenvalue weighted by Gasteiger charge is 2.25. The van der Waals surface area contributed by atoms with Crippen molar-refractivity contribution in [3.05, 3.63) is 30.4 Å². The summed E-state index contributed by atoms with van der Waals surface area (Å²) in [5.41, 5.74) is 3.48. The fraction of sp³-hybridized carbons (Fsp3) is 0.353. The van der Waals surface area contributed by atoms with Crippen molar-refractivity contribution in [1.82, 2.24) is 19.7 Å². The number of hydrogen-bond donors (Lipinski definition) is 1. The maximum absolute atomic E-state index is 9.54. The van der Waals surface area contributed by atoms with E-state index in [-0.39, 0.29) is 0 Å². The first-order valence-electron chi connectivity index (χ1n) is 7.80. The van der Waals surface area contributed by atoms with Gasteiger partial charge in [0.15, 0.2) is 0 Å². The van der Waals surface area contributed by atoms with Crippen molar-refractivity contribution in [2.24, 2.45) is 0 Å². The summed E-state index contributed by atoms with van der Waals surface area (Å²) >= 11 is 0. The quantitative estimate of drug-likeness (QED) is 0.804. The van der Waals surface area contributed by atoms with Crippen LogP contribution in [-0.2, 0) is 0 Å². The molecule has 0 atom stereocenters. The molecule has 1 aliphatic rings. The molecule has 1 saturated carbocycles. The molecule has 0 aromatic carbocycles. The summed E-state index contributed by atoms with van der Waals surface area (Å²) in [5.74, 6) is 0.548. The summed E-state index contributed by atoms with van der Waals surface area (Å²) in [6.45, 7) is 0. The molecule has 0 radical (unpaired) electrons. The number of nitrogens with one attached hydrogen (secondary N) is 1. The lowest BCUT2D eigenvalue weighted by Crippen LogP contribution is -2.04. The number of hydrogen-bond acceptors (Lipinski definition) is 4. The lowest BCUT2D eigenvalue weighted by Gasteiger charge is -2.14. The van der Waals surface area contributed by atoms with Gasteiger partial charge in [0, 0.05) is 29.6 Å². The van der Waals surface area contributed by atoms with Crippen LogP contribution in [0.15, 0.2) is 24.8 Å². The Morgan fingerprint density at radius 1 is 1.35 bits per heavy atom. The molecule has 0 unspecified atom stereocenters. The second-order valence-electron chi connectivity index (χ2n) is 5.89. The Kier molecular flexibility index (Phi) is 3.27. The van der Waals surface area contributed by atoms with E-state index in [2.05, 4.69) is 32.0 Å². The molecular formula is C17H17N5O. The normalized spacial score (nSPS) is 15.1. The number of nitrogens with zero attached hydrogens (tertiary/aromatic N) is 4. The van der Waals surface area contributed by atoms with Gasteiger partial charge in [0.05, 0.1) is 36.0 Å². The molecule has 3 aromatic rings. The molecule has 0 bridgehead atoms. The van der Waals surface area contributed by atoms with Gasteiger partial charge in [0.1, 0.15) is 6.07 Å². The van der Waals surface area contributed by atoms with Crippen LogP contribution in [0.3, 0.4) is 0 Å². The molecule has 3 heterocycles. The Bertz CT molecular complexity index is 882. The first-order valence-corrected chi connectivity index (χ1v) is 7.80. The fourth-order valence-corrected chi connectivity index (χ4v) is 3.59. The molecule has 1 aliphatic carbocycles. The van der Waals surface area contributed by atoms with E-state index in [1.165, 1.54) is 12.8 Å². The second-order valence-corrected chi connectivity index (χ2v) is 5.89. The first-order chi connectivity index (χ1) is 11.3. The van der Waals surface area contributed by atoms with Crippen LogP contribution < -0.4 is 4.74 Å². The minimum absolute atomic E-state index is 0.428. The predicted octanol–water partition coefficient (Wildman–Crippen LogP) is 3.42. The number of H-pyrrole nitrogens is 1. The summed E-state index contributed by atoms with van der Waals surface area (Å²) in [5, 5.41) is 17.3. The number of fused-ring (bicyclic) bond motifs is 1. The number of ether oxygens (including phenoxy) is 1. The number of aromatic amines is 1.